The van der Waals surface area contributed by atoms with Gasteiger partial charge in [-0.15, -0.1) is 0 Å². The minimum atomic E-state index is -0.894. The average Bonchev–Trinajstić information content (AvgIpc) is 3.09. The number of hydrogen-bond donors (Lipinski definition) is 2. The molecule has 0 aromatic heterocycles. The van der Waals surface area contributed by atoms with Crippen LogP contribution in [-0.4, -0.2) is 58.8 Å². The number of esters is 2. The van der Waals surface area contributed by atoms with Crippen LogP contribution in [0.25, 0.3) is 0 Å². The average molecular weight is 366 g/mol. The van der Waals surface area contributed by atoms with E-state index in [1.807, 2.05) is 6.92 Å². The zero-order chi connectivity index (χ0) is 19.2. The SMILES string of the molecule is C=C1C(=O)O[C@@H]2/C=C(/CO)[C@@H](O)C[C@H]3O[C@]3(C)C[C@@H](OC(=O)C(C)C)[C@@H]12. The van der Waals surface area contributed by atoms with Gasteiger partial charge in [0.05, 0.1) is 36.3 Å². The van der Waals surface area contributed by atoms with E-state index in [2.05, 4.69) is 6.58 Å². The Labute approximate surface area is 152 Å². The Bertz CT molecular complexity index is 652. The monoisotopic (exact) mass is 366 g/mol. The first kappa shape index (κ1) is 19.1. The molecule has 0 aromatic rings. The molecule has 2 aliphatic heterocycles. The highest BCUT2D eigenvalue weighted by Crippen LogP contribution is 2.47. The molecule has 2 saturated heterocycles. The van der Waals surface area contributed by atoms with Crippen molar-refractivity contribution >= 4 is 11.9 Å². The lowest BCUT2D eigenvalue weighted by Gasteiger charge is -2.29. The molecule has 0 spiro atoms. The van der Waals surface area contributed by atoms with Gasteiger partial charge in [-0.1, -0.05) is 20.4 Å². The minimum Gasteiger partial charge on any atom is -0.461 e. The molecule has 26 heavy (non-hydrogen) atoms. The van der Waals surface area contributed by atoms with Crippen LogP contribution >= 0.6 is 0 Å². The maximum atomic E-state index is 12.2. The van der Waals surface area contributed by atoms with Gasteiger partial charge in [0.2, 0.25) is 0 Å². The second kappa shape index (κ2) is 6.79. The minimum absolute atomic E-state index is 0.212. The molecule has 144 valence electrons. The lowest BCUT2D eigenvalue weighted by Crippen LogP contribution is -2.38. The third kappa shape index (κ3) is 3.43. The largest absolute Gasteiger partial charge is 0.461 e. The summed E-state index contributed by atoms with van der Waals surface area (Å²) < 4.78 is 16.9. The third-order valence-corrected chi connectivity index (χ3v) is 5.47. The smallest absolute Gasteiger partial charge is 0.334 e. The van der Waals surface area contributed by atoms with Crippen molar-refractivity contribution in [1.29, 1.82) is 0 Å². The number of carbonyl (C=O) groups excluding carboxylic acids is 2. The molecule has 7 heteroatoms. The highest BCUT2D eigenvalue weighted by Gasteiger charge is 2.57. The van der Waals surface area contributed by atoms with Gasteiger partial charge in [0.1, 0.15) is 12.2 Å². The molecule has 0 bridgehead atoms. The summed E-state index contributed by atoms with van der Waals surface area (Å²) in [6.07, 6.45) is -0.259. The van der Waals surface area contributed by atoms with Gasteiger partial charge >= 0.3 is 11.9 Å². The summed E-state index contributed by atoms with van der Waals surface area (Å²) in [5, 5.41) is 20.0. The van der Waals surface area contributed by atoms with Crippen LogP contribution in [0.3, 0.4) is 0 Å². The fourth-order valence-electron chi connectivity index (χ4n) is 3.71. The first-order valence-electron chi connectivity index (χ1n) is 8.94. The molecule has 3 rings (SSSR count). The maximum absolute atomic E-state index is 12.2. The summed E-state index contributed by atoms with van der Waals surface area (Å²) in [5.74, 6) is -1.83. The molecule has 0 radical (unpaired) electrons. The molecule has 0 saturated carbocycles. The predicted octanol–water partition coefficient (Wildman–Crippen LogP) is 0.883. The molecule has 3 aliphatic rings. The number of aliphatic hydroxyl groups excluding tert-OH is 2. The molecule has 0 amide bonds. The number of ether oxygens (including phenoxy) is 3. The Kier molecular flexibility index (Phi) is 4.98. The van der Waals surface area contributed by atoms with Crippen LogP contribution in [0.15, 0.2) is 23.8 Å². The molecule has 7 nitrogen and oxygen atoms in total. The van der Waals surface area contributed by atoms with Crippen molar-refractivity contribution in [3.05, 3.63) is 23.8 Å². The van der Waals surface area contributed by atoms with E-state index < -0.39 is 35.8 Å². The summed E-state index contributed by atoms with van der Waals surface area (Å²) in [6, 6.07) is 0. The van der Waals surface area contributed by atoms with Crippen LogP contribution in [0.4, 0.5) is 0 Å². The Morgan fingerprint density at radius 3 is 2.81 bits per heavy atom. The van der Waals surface area contributed by atoms with E-state index in [-0.39, 0.29) is 30.2 Å². The van der Waals surface area contributed by atoms with E-state index in [0.717, 1.165) is 0 Å². The van der Waals surface area contributed by atoms with Crippen molar-refractivity contribution in [2.24, 2.45) is 11.8 Å². The first-order valence-corrected chi connectivity index (χ1v) is 8.94. The van der Waals surface area contributed by atoms with E-state index in [0.29, 0.717) is 18.4 Å². The van der Waals surface area contributed by atoms with Crippen molar-refractivity contribution in [3.8, 4) is 0 Å². The summed E-state index contributed by atoms with van der Waals surface area (Å²) >= 11 is 0. The molecule has 2 fully saturated rings. The number of fused-ring (bicyclic) bond motifs is 2. The number of hydrogen-bond acceptors (Lipinski definition) is 7. The van der Waals surface area contributed by atoms with Crippen LogP contribution in [0.5, 0.6) is 0 Å². The molecule has 2 N–H and O–H groups in total. The van der Waals surface area contributed by atoms with Gasteiger partial charge in [-0.3, -0.25) is 4.79 Å². The molecule has 2 heterocycles. The highest BCUT2D eigenvalue weighted by atomic mass is 16.6. The molecular formula is C19H26O7. The second-order valence-electron chi connectivity index (χ2n) is 7.83. The topological polar surface area (TPSA) is 106 Å². The van der Waals surface area contributed by atoms with Gasteiger partial charge in [0, 0.05) is 18.4 Å². The number of epoxide rings is 1. The summed E-state index contributed by atoms with van der Waals surface area (Å²) in [7, 11) is 0. The Balaban J connectivity index is 1.99. The predicted molar refractivity (Wildman–Crippen MR) is 90.9 cm³/mol. The van der Waals surface area contributed by atoms with Gasteiger partial charge in [0.25, 0.3) is 0 Å². The van der Waals surface area contributed by atoms with Crippen molar-refractivity contribution in [3.63, 3.8) is 0 Å². The second-order valence-corrected chi connectivity index (χ2v) is 7.83. The lowest BCUT2D eigenvalue weighted by molar-refractivity contribution is -0.157. The summed E-state index contributed by atoms with van der Waals surface area (Å²) in [4.78, 5) is 24.3. The zero-order valence-electron chi connectivity index (χ0n) is 15.3. The summed E-state index contributed by atoms with van der Waals surface area (Å²) in [6.45, 7) is 8.82. The molecule has 6 atom stereocenters. The number of carbonyl (C=O) groups is 2. The summed E-state index contributed by atoms with van der Waals surface area (Å²) in [5.41, 5.74) is 0.00855. The fraction of sp³-hybridized carbons (Fsp3) is 0.684. The van der Waals surface area contributed by atoms with Crippen molar-refractivity contribution in [2.75, 3.05) is 6.61 Å². The fourth-order valence-corrected chi connectivity index (χ4v) is 3.71. The molecular weight excluding hydrogens is 340 g/mol. The van der Waals surface area contributed by atoms with E-state index in [1.54, 1.807) is 19.9 Å². The van der Waals surface area contributed by atoms with Crippen molar-refractivity contribution < 1.29 is 34.0 Å². The van der Waals surface area contributed by atoms with Gasteiger partial charge in [-0.05, 0) is 18.6 Å². The zero-order valence-corrected chi connectivity index (χ0v) is 15.3. The molecule has 1 aliphatic carbocycles. The van der Waals surface area contributed by atoms with Gasteiger partial charge in [0.15, 0.2) is 0 Å². The van der Waals surface area contributed by atoms with E-state index in [1.165, 1.54) is 0 Å². The van der Waals surface area contributed by atoms with E-state index >= 15 is 0 Å². The normalized spacial score (nSPS) is 41.6. The van der Waals surface area contributed by atoms with Crippen LogP contribution in [0.1, 0.15) is 33.6 Å². The van der Waals surface area contributed by atoms with Crippen LogP contribution in [-0.2, 0) is 23.8 Å². The van der Waals surface area contributed by atoms with Gasteiger partial charge < -0.3 is 24.4 Å². The third-order valence-electron chi connectivity index (χ3n) is 5.47. The highest BCUT2D eigenvalue weighted by molar-refractivity contribution is 5.91. The molecule has 0 aromatic carbocycles. The Hall–Kier alpha value is -1.70. The Morgan fingerprint density at radius 2 is 2.19 bits per heavy atom. The van der Waals surface area contributed by atoms with Crippen LogP contribution in [0, 0.1) is 11.8 Å². The first-order chi connectivity index (χ1) is 12.2. The number of aliphatic hydroxyl groups is 2. The van der Waals surface area contributed by atoms with E-state index in [4.69, 9.17) is 14.2 Å². The lowest BCUT2D eigenvalue weighted by atomic mass is 9.82. The van der Waals surface area contributed by atoms with E-state index in [9.17, 15) is 19.8 Å². The van der Waals surface area contributed by atoms with Crippen LogP contribution < -0.4 is 0 Å². The van der Waals surface area contributed by atoms with Crippen molar-refractivity contribution in [1.82, 2.24) is 0 Å². The van der Waals surface area contributed by atoms with Gasteiger partial charge in [-0.2, -0.15) is 0 Å². The standard InChI is InChI=1S/C19H26O7/c1-9(2)17(22)25-14-7-19(4)15(26-19)6-12(21)11(8-20)5-13-16(14)10(3)18(23)24-13/h5,9,12-16,20-21H,3,6-8H2,1-2,4H3/b11-5-/t12-,13+,14+,15+,16-,19+/m0/s1. The number of rotatable bonds is 3. The van der Waals surface area contributed by atoms with Crippen LogP contribution in [0.2, 0.25) is 0 Å². The van der Waals surface area contributed by atoms with Gasteiger partial charge in [-0.25, -0.2) is 4.79 Å². The molecule has 0 unspecified atom stereocenters. The maximum Gasteiger partial charge on any atom is 0.334 e. The quantitative estimate of drug-likeness (QED) is 0.331. The van der Waals surface area contributed by atoms with Crippen molar-refractivity contribution in [2.45, 2.75) is 63.6 Å². The Morgan fingerprint density at radius 1 is 1.50 bits per heavy atom.